The molecule has 0 atom stereocenters. The highest BCUT2D eigenvalue weighted by atomic mass is 79.9. The van der Waals surface area contributed by atoms with Crippen molar-refractivity contribution in [2.24, 2.45) is 0 Å². The number of amides is 2. The van der Waals surface area contributed by atoms with E-state index >= 15 is 0 Å². The quantitative estimate of drug-likeness (QED) is 0.185. The second-order valence-corrected chi connectivity index (χ2v) is 10.5. The first-order valence-electron chi connectivity index (χ1n) is 13.0. The molecule has 2 amide bonds. The Morgan fingerprint density at radius 3 is 2.41 bits per heavy atom. The minimum atomic E-state index is -4.72. The van der Waals surface area contributed by atoms with Gasteiger partial charge in [0.15, 0.2) is 0 Å². The summed E-state index contributed by atoms with van der Waals surface area (Å²) in [4.78, 5) is 29.4. The number of nitrogens with one attached hydrogen (secondary N) is 2. The lowest BCUT2D eigenvalue weighted by molar-refractivity contribution is -0.141. The van der Waals surface area contributed by atoms with Crippen LogP contribution in [0.3, 0.4) is 0 Å². The van der Waals surface area contributed by atoms with Crippen LogP contribution in [-0.4, -0.2) is 44.8 Å². The van der Waals surface area contributed by atoms with Crippen molar-refractivity contribution in [3.8, 4) is 0 Å². The number of hydrogen-bond acceptors (Lipinski definition) is 5. The monoisotopic (exact) mass is 631 g/mol. The minimum Gasteiger partial charge on any atom is -0.396 e. The van der Waals surface area contributed by atoms with Crippen LogP contribution in [0.4, 0.5) is 18.9 Å². The topological polar surface area (TPSA) is 109 Å². The number of aromatic nitrogens is 3. The number of alkyl halides is 3. The molecule has 0 spiro atoms. The third-order valence-electron chi connectivity index (χ3n) is 6.59. The van der Waals surface area contributed by atoms with Crippen molar-refractivity contribution in [3.63, 3.8) is 0 Å². The zero-order valence-corrected chi connectivity index (χ0v) is 24.1. The maximum Gasteiger partial charge on any atom is 0.433 e. The van der Waals surface area contributed by atoms with Crippen LogP contribution in [0, 0.1) is 13.8 Å². The largest absolute Gasteiger partial charge is 0.433 e. The summed E-state index contributed by atoms with van der Waals surface area (Å²) in [7, 11) is 0. The smallest absolute Gasteiger partial charge is 0.396 e. The fourth-order valence-electron chi connectivity index (χ4n) is 4.40. The SMILES string of the molecule is Cc1nn(Cc2ccc(C(=O)NCCCCCO)cc2)c(C)c1NC(=O)c1cc(C(F)(F)F)nc2ccc(Br)cc12. The Hall–Kier alpha value is -3.77. The number of fused-ring (bicyclic) bond motifs is 1. The number of pyridine rings is 1. The maximum atomic E-state index is 13.5. The van der Waals surface area contributed by atoms with Gasteiger partial charge in [-0.05, 0) is 75.1 Å². The molecule has 12 heteroatoms. The van der Waals surface area contributed by atoms with Crippen LogP contribution in [0.1, 0.15) is 62.6 Å². The van der Waals surface area contributed by atoms with Crippen LogP contribution in [-0.2, 0) is 12.7 Å². The second-order valence-electron chi connectivity index (χ2n) is 9.61. The molecule has 0 aliphatic heterocycles. The van der Waals surface area contributed by atoms with Gasteiger partial charge in [0.25, 0.3) is 11.8 Å². The van der Waals surface area contributed by atoms with Crippen LogP contribution in [0.15, 0.2) is 53.0 Å². The van der Waals surface area contributed by atoms with Gasteiger partial charge >= 0.3 is 6.18 Å². The Morgan fingerprint density at radius 1 is 1.00 bits per heavy atom. The third kappa shape index (κ3) is 7.31. The van der Waals surface area contributed by atoms with Gasteiger partial charge in [0.05, 0.1) is 34.7 Å². The van der Waals surface area contributed by atoms with E-state index in [0.29, 0.717) is 46.6 Å². The number of aliphatic hydroxyl groups excluding tert-OH is 1. The van der Waals surface area contributed by atoms with Gasteiger partial charge in [-0.1, -0.05) is 28.1 Å². The maximum absolute atomic E-state index is 13.5. The van der Waals surface area contributed by atoms with E-state index in [9.17, 15) is 22.8 Å². The number of hydrogen-bond donors (Lipinski definition) is 3. The van der Waals surface area contributed by atoms with Crippen LogP contribution in [0.2, 0.25) is 0 Å². The van der Waals surface area contributed by atoms with Crippen molar-refractivity contribution in [1.29, 1.82) is 0 Å². The first-order chi connectivity index (χ1) is 19.5. The van der Waals surface area contributed by atoms with E-state index in [4.69, 9.17) is 5.11 Å². The van der Waals surface area contributed by atoms with E-state index in [2.05, 4.69) is 36.6 Å². The molecular formula is C29H29BrF3N5O3. The highest BCUT2D eigenvalue weighted by molar-refractivity contribution is 9.10. The zero-order chi connectivity index (χ0) is 29.7. The van der Waals surface area contributed by atoms with Crippen LogP contribution >= 0.6 is 15.9 Å². The molecule has 0 aliphatic rings. The standard InChI is InChI=1S/C29H29BrF3N5O3/c1-17-26(36-28(41)23-15-25(29(31,32)33)35-24-11-10-21(30)14-22(23)24)18(2)38(37-17)16-19-6-8-20(9-7-19)27(40)34-12-4-3-5-13-39/h6-11,14-15,39H,3-5,12-13,16H2,1-2H3,(H,34,40)(H,36,41). The van der Waals surface area contributed by atoms with Crippen molar-refractivity contribution in [2.45, 2.75) is 45.8 Å². The van der Waals surface area contributed by atoms with Crippen LogP contribution < -0.4 is 10.6 Å². The van der Waals surface area contributed by atoms with Gasteiger partial charge < -0.3 is 15.7 Å². The number of anilines is 1. The lowest BCUT2D eigenvalue weighted by Crippen LogP contribution is -2.24. The second kappa shape index (κ2) is 12.8. The van der Waals surface area contributed by atoms with E-state index in [0.717, 1.165) is 24.5 Å². The summed E-state index contributed by atoms with van der Waals surface area (Å²) >= 11 is 3.31. The van der Waals surface area contributed by atoms with E-state index in [1.165, 1.54) is 6.07 Å². The molecule has 0 saturated carbocycles. The summed E-state index contributed by atoms with van der Waals surface area (Å²) in [5.41, 5.74) is 1.66. The summed E-state index contributed by atoms with van der Waals surface area (Å²) in [6.07, 6.45) is -2.38. The number of unbranched alkanes of at least 4 members (excludes halogenated alkanes) is 2. The minimum absolute atomic E-state index is 0.0520. The third-order valence-corrected chi connectivity index (χ3v) is 7.09. The lowest BCUT2D eigenvalue weighted by atomic mass is 10.1. The van der Waals surface area contributed by atoms with E-state index in [-0.39, 0.29) is 29.0 Å². The van der Waals surface area contributed by atoms with Gasteiger partial charge in [0.1, 0.15) is 5.69 Å². The molecule has 0 radical (unpaired) electrons. The fourth-order valence-corrected chi connectivity index (χ4v) is 4.76. The molecule has 3 N–H and O–H groups in total. The molecule has 2 aromatic heterocycles. The Kier molecular flexibility index (Phi) is 9.44. The number of benzene rings is 2. The molecule has 2 aromatic carbocycles. The number of carbonyl (C=O) groups excluding carboxylic acids is 2. The number of halogens is 4. The molecule has 0 aliphatic carbocycles. The molecule has 0 saturated heterocycles. The number of nitrogens with zero attached hydrogens (tertiary/aromatic N) is 3. The first-order valence-corrected chi connectivity index (χ1v) is 13.8. The van der Waals surface area contributed by atoms with Crippen molar-refractivity contribution < 1.29 is 27.9 Å². The number of carbonyl (C=O) groups is 2. The number of aryl methyl sites for hydroxylation is 1. The van der Waals surface area contributed by atoms with Gasteiger partial charge in [-0.2, -0.15) is 18.3 Å². The predicted octanol–water partition coefficient (Wildman–Crippen LogP) is 6.02. The summed E-state index contributed by atoms with van der Waals surface area (Å²) in [6.45, 7) is 4.49. The van der Waals surface area contributed by atoms with Crippen molar-refractivity contribution in [3.05, 3.63) is 86.8 Å². The van der Waals surface area contributed by atoms with Gasteiger partial charge in [-0.25, -0.2) is 4.98 Å². The number of rotatable bonds is 10. The molecule has 4 aromatic rings. The normalized spacial score (nSPS) is 11.6. The van der Waals surface area contributed by atoms with Gasteiger partial charge in [0.2, 0.25) is 0 Å². The lowest BCUT2D eigenvalue weighted by Gasteiger charge is -2.13. The Balaban J connectivity index is 1.50. The highest BCUT2D eigenvalue weighted by Crippen LogP contribution is 2.32. The molecule has 2 heterocycles. The molecule has 0 bridgehead atoms. The van der Waals surface area contributed by atoms with Crippen molar-refractivity contribution >= 4 is 44.3 Å². The predicted molar refractivity (Wildman–Crippen MR) is 153 cm³/mol. The Labute approximate surface area is 243 Å². The molecule has 41 heavy (non-hydrogen) atoms. The fraction of sp³-hybridized carbons (Fsp3) is 0.310. The number of aliphatic hydroxyl groups is 1. The molecule has 216 valence electrons. The van der Waals surface area contributed by atoms with Crippen molar-refractivity contribution in [1.82, 2.24) is 20.1 Å². The summed E-state index contributed by atoms with van der Waals surface area (Å²) in [5, 5.41) is 19.2. The van der Waals surface area contributed by atoms with Crippen LogP contribution in [0.5, 0.6) is 0 Å². The van der Waals surface area contributed by atoms with Gasteiger partial charge in [0, 0.05) is 28.6 Å². The highest BCUT2D eigenvalue weighted by Gasteiger charge is 2.34. The molecule has 4 rings (SSSR count). The van der Waals surface area contributed by atoms with E-state index < -0.39 is 17.8 Å². The average molecular weight is 632 g/mol. The average Bonchev–Trinajstić information content (AvgIpc) is 3.19. The molecule has 0 fully saturated rings. The van der Waals surface area contributed by atoms with Gasteiger partial charge in [-0.3, -0.25) is 14.3 Å². The van der Waals surface area contributed by atoms with Crippen LogP contribution in [0.25, 0.3) is 10.9 Å². The molecule has 0 unspecified atom stereocenters. The van der Waals surface area contributed by atoms with Gasteiger partial charge in [-0.15, -0.1) is 0 Å². The summed E-state index contributed by atoms with van der Waals surface area (Å²) in [6, 6.07) is 12.4. The van der Waals surface area contributed by atoms with E-state index in [1.807, 2.05) is 12.1 Å². The molecular weight excluding hydrogens is 603 g/mol. The molecule has 8 nitrogen and oxygen atoms in total. The summed E-state index contributed by atoms with van der Waals surface area (Å²) in [5.74, 6) is -0.889. The zero-order valence-electron chi connectivity index (χ0n) is 22.5. The van der Waals surface area contributed by atoms with Crippen molar-refractivity contribution in [2.75, 3.05) is 18.5 Å². The van der Waals surface area contributed by atoms with E-state index in [1.54, 1.807) is 42.8 Å². The Bertz CT molecular complexity index is 1570. The summed E-state index contributed by atoms with van der Waals surface area (Å²) < 4.78 is 42.8. The Morgan fingerprint density at radius 2 is 1.73 bits per heavy atom. The first kappa shape index (κ1) is 30.2.